The molecule has 0 N–H and O–H groups in total. The molecule has 0 radical (unpaired) electrons. The number of benzene rings is 1. The third-order valence-electron chi connectivity index (χ3n) is 3.95. The minimum absolute atomic E-state index is 0.307. The van der Waals surface area contributed by atoms with E-state index >= 15 is 0 Å². The monoisotopic (exact) mass is 317 g/mol. The number of rotatable bonds is 3. The lowest BCUT2D eigenvalue weighted by molar-refractivity contribution is -0.307. The molecule has 6 heteroatoms. The number of aliphatic carboxylic acids is 1. The van der Waals surface area contributed by atoms with Gasteiger partial charge in [0.2, 0.25) is 0 Å². The molecule has 122 valence electrons. The van der Waals surface area contributed by atoms with Crippen LogP contribution in [0.4, 0.5) is 0 Å². The molecule has 0 aliphatic carbocycles. The molecule has 0 amide bonds. The van der Waals surface area contributed by atoms with E-state index in [-0.39, 0.29) is 5.60 Å². The van der Waals surface area contributed by atoms with Gasteiger partial charge in [0.25, 0.3) is 0 Å². The van der Waals surface area contributed by atoms with E-state index < -0.39 is 18.2 Å². The second-order valence-electron chi connectivity index (χ2n) is 6.33. The molecule has 0 saturated carbocycles. The molecular weight excluding hydrogens is 300 g/mol. The average molecular weight is 317 g/mol. The summed E-state index contributed by atoms with van der Waals surface area (Å²) in [7, 11) is 0. The standard InChI is InChI=1S/C17H18O6/c1-9-6-14(20)22-16-10-4-5-17(2,3)23-11(10)7-12(15(9)16)21-8-13(18)19/h6-7H,4-5,8H2,1-3H3,(H,18,19)/p-1. The summed E-state index contributed by atoms with van der Waals surface area (Å²) in [4.78, 5) is 22.4. The largest absolute Gasteiger partial charge is 0.546 e. The van der Waals surface area contributed by atoms with Gasteiger partial charge in [0.15, 0.2) is 0 Å². The molecule has 23 heavy (non-hydrogen) atoms. The number of aryl methyl sites for hydroxylation is 2. The summed E-state index contributed by atoms with van der Waals surface area (Å²) >= 11 is 0. The zero-order valence-corrected chi connectivity index (χ0v) is 13.2. The first-order chi connectivity index (χ1) is 10.8. The van der Waals surface area contributed by atoms with Gasteiger partial charge >= 0.3 is 5.63 Å². The first-order valence-corrected chi connectivity index (χ1v) is 7.39. The fourth-order valence-corrected chi connectivity index (χ4v) is 2.87. The fourth-order valence-electron chi connectivity index (χ4n) is 2.87. The number of hydrogen-bond donors (Lipinski definition) is 0. The van der Waals surface area contributed by atoms with Crippen LogP contribution in [0.25, 0.3) is 11.0 Å². The molecule has 1 aliphatic heterocycles. The maximum atomic E-state index is 11.7. The molecule has 2 aromatic rings. The van der Waals surface area contributed by atoms with E-state index in [9.17, 15) is 14.7 Å². The normalized spacial score (nSPS) is 15.8. The van der Waals surface area contributed by atoms with Crippen molar-refractivity contribution >= 4 is 16.9 Å². The molecule has 0 spiro atoms. The van der Waals surface area contributed by atoms with E-state index in [1.54, 1.807) is 13.0 Å². The van der Waals surface area contributed by atoms with Gasteiger partial charge in [-0.05, 0) is 39.2 Å². The van der Waals surface area contributed by atoms with Gasteiger partial charge in [-0.3, -0.25) is 0 Å². The second kappa shape index (κ2) is 5.30. The third kappa shape index (κ3) is 2.88. The Hall–Kier alpha value is -2.50. The lowest BCUT2D eigenvalue weighted by Crippen LogP contribution is -2.33. The smallest absolute Gasteiger partial charge is 0.336 e. The first-order valence-electron chi connectivity index (χ1n) is 7.39. The van der Waals surface area contributed by atoms with Crippen molar-refractivity contribution in [2.75, 3.05) is 6.61 Å². The molecule has 0 unspecified atom stereocenters. The number of fused-ring (bicyclic) bond motifs is 3. The van der Waals surface area contributed by atoms with Crippen LogP contribution in [0.1, 0.15) is 31.4 Å². The number of ether oxygens (including phenoxy) is 2. The highest BCUT2D eigenvalue weighted by molar-refractivity contribution is 5.91. The highest BCUT2D eigenvalue weighted by Crippen LogP contribution is 2.42. The zero-order chi connectivity index (χ0) is 16.8. The van der Waals surface area contributed by atoms with Crippen molar-refractivity contribution in [1.29, 1.82) is 0 Å². The molecule has 1 aromatic heterocycles. The summed E-state index contributed by atoms with van der Waals surface area (Å²) < 4.78 is 16.7. The fraction of sp³-hybridized carbons (Fsp3) is 0.412. The van der Waals surface area contributed by atoms with Gasteiger partial charge in [-0.25, -0.2) is 4.79 Å². The Morgan fingerprint density at radius 3 is 2.83 bits per heavy atom. The number of carboxylic acids is 1. The molecule has 0 fully saturated rings. The third-order valence-corrected chi connectivity index (χ3v) is 3.95. The van der Waals surface area contributed by atoms with Crippen LogP contribution in [0.3, 0.4) is 0 Å². The molecule has 1 aliphatic rings. The first kappa shape index (κ1) is 15.4. The van der Waals surface area contributed by atoms with Crippen LogP contribution in [0.15, 0.2) is 21.3 Å². The predicted octanol–water partition coefficient (Wildman–Crippen LogP) is 1.33. The number of hydrogen-bond acceptors (Lipinski definition) is 6. The Morgan fingerprint density at radius 2 is 2.13 bits per heavy atom. The summed E-state index contributed by atoms with van der Waals surface area (Å²) in [6, 6.07) is 3.02. The van der Waals surface area contributed by atoms with E-state index in [0.29, 0.717) is 34.5 Å². The molecule has 0 saturated heterocycles. The minimum Gasteiger partial charge on any atom is -0.546 e. The lowest BCUT2D eigenvalue weighted by Gasteiger charge is -2.33. The van der Waals surface area contributed by atoms with E-state index in [2.05, 4.69) is 0 Å². The Kier molecular flexibility index (Phi) is 3.55. The van der Waals surface area contributed by atoms with Gasteiger partial charge in [-0.15, -0.1) is 0 Å². The number of carbonyl (C=O) groups excluding carboxylic acids is 1. The molecule has 1 aromatic carbocycles. The quantitative estimate of drug-likeness (QED) is 0.794. The highest BCUT2D eigenvalue weighted by Gasteiger charge is 2.30. The van der Waals surface area contributed by atoms with Crippen molar-refractivity contribution in [2.45, 2.75) is 39.2 Å². The van der Waals surface area contributed by atoms with Crippen molar-refractivity contribution in [3.8, 4) is 11.5 Å². The van der Waals surface area contributed by atoms with Crippen molar-refractivity contribution < 1.29 is 23.8 Å². The summed E-state index contributed by atoms with van der Waals surface area (Å²) in [6.45, 7) is 5.10. The van der Waals surface area contributed by atoms with Gasteiger partial charge in [0, 0.05) is 17.7 Å². The van der Waals surface area contributed by atoms with Crippen LogP contribution < -0.4 is 20.2 Å². The zero-order valence-electron chi connectivity index (χ0n) is 13.2. The summed E-state index contributed by atoms with van der Waals surface area (Å²) in [5.74, 6) is -0.468. The Bertz CT molecular complexity index is 846. The lowest BCUT2D eigenvalue weighted by atomic mass is 9.92. The van der Waals surface area contributed by atoms with E-state index in [1.807, 2.05) is 13.8 Å². The average Bonchev–Trinajstić information content (AvgIpc) is 2.42. The van der Waals surface area contributed by atoms with Crippen molar-refractivity contribution in [1.82, 2.24) is 0 Å². The van der Waals surface area contributed by atoms with Gasteiger partial charge < -0.3 is 23.8 Å². The topological polar surface area (TPSA) is 88.8 Å². The molecule has 0 atom stereocenters. The van der Waals surface area contributed by atoms with E-state index in [0.717, 1.165) is 12.0 Å². The van der Waals surface area contributed by atoms with Gasteiger partial charge in [-0.1, -0.05) is 0 Å². The molecule has 0 bridgehead atoms. The van der Waals surface area contributed by atoms with Crippen molar-refractivity contribution in [3.05, 3.63) is 33.7 Å². The van der Waals surface area contributed by atoms with Crippen LogP contribution in [0.5, 0.6) is 11.5 Å². The summed E-state index contributed by atoms with van der Waals surface area (Å²) in [6.07, 6.45) is 1.48. The maximum Gasteiger partial charge on any atom is 0.336 e. The summed E-state index contributed by atoms with van der Waals surface area (Å²) in [5.41, 5.74) is 1.06. The number of carboxylic acid groups (broad SMARTS) is 1. The predicted molar refractivity (Wildman–Crippen MR) is 80.8 cm³/mol. The van der Waals surface area contributed by atoms with Crippen LogP contribution in [0.2, 0.25) is 0 Å². The SMILES string of the molecule is Cc1cc(=O)oc2c3c(cc(OCC(=O)[O-])c12)OC(C)(C)CC3. The van der Waals surface area contributed by atoms with Gasteiger partial charge in [-0.2, -0.15) is 0 Å². The van der Waals surface area contributed by atoms with Crippen LogP contribution in [-0.4, -0.2) is 18.2 Å². The van der Waals surface area contributed by atoms with Crippen LogP contribution >= 0.6 is 0 Å². The second-order valence-corrected chi connectivity index (χ2v) is 6.33. The highest BCUT2D eigenvalue weighted by atomic mass is 16.5. The molecular formula is C17H17O6-. The Labute approximate surface area is 132 Å². The van der Waals surface area contributed by atoms with E-state index in [4.69, 9.17) is 13.9 Å². The van der Waals surface area contributed by atoms with Crippen LogP contribution in [0, 0.1) is 6.92 Å². The molecule has 6 nitrogen and oxygen atoms in total. The van der Waals surface area contributed by atoms with Crippen LogP contribution in [-0.2, 0) is 11.2 Å². The van der Waals surface area contributed by atoms with Gasteiger partial charge in [0.05, 0.1) is 11.4 Å². The molecule has 2 heterocycles. The van der Waals surface area contributed by atoms with Crippen molar-refractivity contribution in [3.63, 3.8) is 0 Å². The maximum absolute atomic E-state index is 11.7. The van der Waals surface area contributed by atoms with Gasteiger partial charge in [0.1, 0.15) is 29.3 Å². The molecule has 3 rings (SSSR count). The Balaban J connectivity index is 2.25. The van der Waals surface area contributed by atoms with E-state index in [1.165, 1.54) is 6.07 Å². The van der Waals surface area contributed by atoms with Crippen molar-refractivity contribution in [2.24, 2.45) is 0 Å². The number of carbonyl (C=O) groups is 1. The summed E-state index contributed by atoms with van der Waals surface area (Å²) in [5, 5.41) is 11.3. The Morgan fingerprint density at radius 1 is 1.39 bits per heavy atom. The minimum atomic E-state index is -1.33.